The van der Waals surface area contributed by atoms with Gasteiger partial charge < -0.3 is 9.64 Å². The lowest BCUT2D eigenvalue weighted by Gasteiger charge is -2.27. The molecule has 0 N–H and O–H groups in total. The van der Waals surface area contributed by atoms with Crippen LogP contribution in [-0.4, -0.2) is 6.61 Å². The van der Waals surface area contributed by atoms with Crippen molar-refractivity contribution in [3.8, 4) is 5.75 Å². The van der Waals surface area contributed by atoms with E-state index in [0.717, 1.165) is 42.3 Å². The summed E-state index contributed by atoms with van der Waals surface area (Å²) in [7, 11) is 0. The van der Waals surface area contributed by atoms with Crippen molar-refractivity contribution in [2.24, 2.45) is 0 Å². The molecule has 0 unspecified atom stereocenters. The lowest BCUT2D eigenvalue weighted by Crippen LogP contribution is -2.15. The molecule has 2 aromatic rings. The summed E-state index contributed by atoms with van der Waals surface area (Å²) in [6.07, 6.45) is 18.8. The van der Waals surface area contributed by atoms with Crippen LogP contribution in [-0.2, 0) is 0 Å². The first kappa shape index (κ1) is 22.7. The van der Waals surface area contributed by atoms with Gasteiger partial charge in [0.15, 0.2) is 0 Å². The van der Waals surface area contributed by atoms with Crippen LogP contribution in [0.4, 0.5) is 11.4 Å². The van der Waals surface area contributed by atoms with Crippen LogP contribution in [0.3, 0.4) is 0 Å². The van der Waals surface area contributed by atoms with Crippen molar-refractivity contribution in [1.82, 2.24) is 0 Å². The van der Waals surface area contributed by atoms with Crippen molar-refractivity contribution < 1.29 is 4.74 Å². The second-order valence-corrected chi connectivity index (χ2v) is 7.79. The van der Waals surface area contributed by atoms with E-state index in [2.05, 4.69) is 111 Å². The van der Waals surface area contributed by atoms with Gasteiger partial charge in [0.2, 0.25) is 0 Å². The van der Waals surface area contributed by atoms with E-state index >= 15 is 0 Å². The monoisotopic (exact) mass is 413 g/mol. The van der Waals surface area contributed by atoms with Gasteiger partial charge in [-0.2, -0.15) is 0 Å². The minimum Gasteiger partial charge on any atom is -0.494 e. The molecule has 0 fully saturated rings. The van der Waals surface area contributed by atoms with E-state index < -0.39 is 0 Å². The number of ether oxygens (including phenoxy) is 1. The Morgan fingerprint density at radius 3 is 2.13 bits per heavy atom. The third-order valence-electron chi connectivity index (χ3n) is 5.45. The Bertz CT molecular complexity index is 930. The molecule has 162 valence electrons. The van der Waals surface area contributed by atoms with Crippen LogP contribution >= 0.6 is 0 Å². The Kier molecular flexibility index (Phi) is 8.78. The summed E-state index contributed by atoms with van der Waals surface area (Å²) in [4.78, 5) is 2.30. The molecule has 0 saturated carbocycles. The molecule has 0 spiro atoms. The van der Waals surface area contributed by atoms with Crippen molar-refractivity contribution in [3.05, 3.63) is 96.2 Å². The Morgan fingerprint density at radius 1 is 0.903 bits per heavy atom. The number of allylic oxidation sites excluding steroid dienone is 7. The lowest BCUT2D eigenvalue weighted by atomic mass is 9.99. The molecule has 1 aliphatic carbocycles. The fraction of sp³-hybridized carbons (Fsp3) is 0.310. The van der Waals surface area contributed by atoms with Crippen LogP contribution in [0, 0.1) is 0 Å². The SMILES string of the molecule is C/C=C(\C=C/CC)N(c1ccc(OCCCCCC)cc1)c1ccc(C2=CC=C2)cc1. The van der Waals surface area contributed by atoms with Crippen LogP contribution in [0.1, 0.15) is 58.4 Å². The molecule has 2 aromatic carbocycles. The van der Waals surface area contributed by atoms with Gasteiger partial charge in [0.25, 0.3) is 0 Å². The Balaban J connectivity index is 1.80. The van der Waals surface area contributed by atoms with Gasteiger partial charge in [0, 0.05) is 17.1 Å². The van der Waals surface area contributed by atoms with Gasteiger partial charge in [-0.15, -0.1) is 0 Å². The summed E-state index contributed by atoms with van der Waals surface area (Å²) < 4.78 is 5.95. The normalized spacial score (nSPS) is 13.3. The number of hydrogen-bond acceptors (Lipinski definition) is 2. The van der Waals surface area contributed by atoms with Crippen molar-refractivity contribution in [1.29, 1.82) is 0 Å². The zero-order valence-electron chi connectivity index (χ0n) is 19.2. The number of anilines is 2. The van der Waals surface area contributed by atoms with Crippen LogP contribution in [0.25, 0.3) is 5.57 Å². The molecule has 3 rings (SSSR count). The van der Waals surface area contributed by atoms with Gasteiger partial charge in [-0.1, -0.05) is 75.6 Å². The van der Waals surface area contributed by atoms with E-state index in [4.69, 9.17) is 4.74 Å². The molecule has 0 aromatic heterocycles. The van der Waals surface area contributed by atoms with E-state index in [-0.39, 0.29) is 0 Å². The lowest BCUT2D eigenvalue weighted by molar-refractivity contribution is 0.305. The summed E-state index contributed by atoms with van der Waals surface area (Å²) in [5, 5.41) is 0. The highest BCUT2D eigenvalue weighted by atomic mass is 16.5. The zero-order valence-corrected chi connectivity index (χ0v) is 19.2. The van der Waals surface area contributed by atoms with Gasteiger partial charge in [-0.25, -0.2) is 0 Å². The van der Waals surface area contributed by atoms with Gasteiger partial charge in [0.05, 0.1) is 6.61 Å². The molecule has 0 atom stereocenters. The van der Waals surface area contributed by atoms with Crippen LogP contribution in [0.2, 0.25) is 0 Å². The highest BCUT2D eigenvalue weighted by Crippen LogP contribution is 2.33. The maximum absolute atomic E-state index is 5.95. The third kappa shape index (κ3) is 6.24. The van der Waals surface area contributed by atoms with E-state index in [1.54, 1.807) is 0 Å². The number of rotatable bonds is 12. The minimum absolute atomic E-state index is 0.786. The van der Waals surface area contributed by atoms with Crippen molar-refractivity contribution in [2.75, 3.05) is 11.5 Å². The predicted octanol–water partition coefficient (Wildman–Crippen LogP) is 8.61. The van der Waals surface area contributed by atoms with Crippen LogP contribution in [0.15, 0.2) is 90.7 Å². The maximum Gasteiger partial charge on any atom is 0.119 e. The predicted molar refractivity (Wildman–Crippen MR) is 135 cm³/mol. The summed E-state index contributed by atoms with van der Waals surface area (Å²) in [5.74, 6) is 0.936. The summed E-state index contributed by atoms with van der Waals surface area (Å²) in [6, 6.07) is 17.2. The Labute approximate surface area is 188 Å². The quantitative estimate of drug-likeness (QED) is 0.255. The zero-order chi connectivity index (χ0) is 21.9. The fourth-order valence-corrected chi connectivity index (χ4v) is 3.58. The van der Waals surface area contributed by atoms with Crippen LogP contribution in [0.5, 0.6) is 5.75 Å². The van der Waals surface area contributed by atoms with E-state index in [1.807, 2.05) is 0 Å². The molecule has 0 saturated heterocycles. The first-order valence-electron chi connectivity index (χ1n) is 11.6. The molecule has 2 nitrogen and oxygen atoms in total. The summed E-state index contributed by atoms with van der Waals surface area (Å²) >= 11 is 0. The van der Waals surface area contributed by atoms with E-state index in [1.165, 1.54) is 30.4 Å². The average Bonchev–Trinajstić information content (AvgIpc) is 2.77. The average molecular weight is 414 g/mol. The largest absolute Gasteiger partial charge is 0.494 e. The molecule has 0 aliphatic heterocycles. The van der Waals surface area contributed by atoms with E-state index in [0.29, 0.717) is 0 Å². The van der Waals surface area contributed by atoms with Gasteiger partial charge in [0.1, 0.15) is 5.75 Å². The number of nitrogens with zero attached hydrogens (tertiary/aromatic N) is 1. The van der Waals surface area contributed by atoms with Crippen molar-refractivity contribution in [2.45, 2.75) is 52.9 Å². The summed E-state index contributed by atoms with van der Waals surface area (Å²) in [5.41, 5.74) is 5.97. The standard InChI is InChI=1S/C29H35NO/c1-4-7-9-10-23-31-29-21-19-28(20-22-29)30(26(6-3)14-8-5-2)27-17-15-25(16-18-27)24-12-11-13-24/h6,8,11-22H,4-5,7,9-10,23H2,1-3H3/b14-8-,26-6+. The van der Waals surface area contributed by atoms with E-state index in [9.17, 15) is 0 Å². The summed E-state index contributed by atoms with van der Waals surface area (Å²) in [6.45, 7) is 7.27. The smallest absolute Gasteiger partial charge is 0.119 e. The van der Waals surface area contributed by atoms with Gasteiger partial charge >= 0.3 is 0 Å². The molecule has 2 heteroatoms. The highest BCUT2D eigenvalue weighted by Gasteiger charge is 2.13. The fourth-order valence-electron chi connectivity index (χ4n) is 3.58. The molecular weight excluding hydrogens is 378 g/mol. The second-order valence-electron chi connectivity index (χ2n) is 7.79. The number of unbranched alkanes of at least 4 members (excludes halogenated alkanes) is 3. The van der Waals surface area contributed by atoms with Gasteiger partial charge in [-0.3, -0.25) is 0 Å². The molecule has 0 bridgehead atoms. The van der Waals surface area contributed by atoms with Crippen molar-refractivity contribution in [3.63, 3.8) is 0 Å². The van der Waals surface area contributed by atoms with Crippen LogP contribution < -0.4 is 9.64 Å². The first-order chi connectivity index (χ1) is 15.3. The molecule has 0 heterocycles. The molecule has 0 radical (unpaired) electrons. The van der Waals surface area contributed by atoms with Crippen molar-refractivity contribution >= 4 is 16.9 Å². The minimum atomic E-state index is 0.786. The van der Waals surface area contributed by atoms with Gasteiger partial charge in [-0.05, 0) is 73.4 Å². The Morgan fingerprint density at radius 2 is 1.58 bits per heavy atom. The second kappa shape index (κ2) is 12.0. The maximum atomic E-state index is 5.95. The highest BCUT2D eigenvalue weighted by molar-refractivity contribution is 5.82. The number of hydrogen-bond donors (Lipinski definition) is 0. The molecular formula is C29H35NO. The number of benzene rings is 2. The topological polar surface area (TPSA) is 12.5 Å². The third-order valence-corrected chi connectivity index (χ3v) is 5.45. The molecule has 1 aliphatic rings. The first-order valence-corrected chi connectivity index (χ1v) is 11.6. The molecule has 0 amide bonds. The molecule has 31 heavy (non-hydrogen) atoms. The Hall–Kier alpha value is -3.00.